The van der Waals surface area contributed by atoms with E-state index in [2.05, 4.69) is 15.3 Å². The molecule has 14 atom stereocenters. The molecule has 1 unspecified atom stereocenters. The molecule has 0 spiro atoms. The number of carbonyl (C=O) groups excluding carboxylic acids is 4. The van der Waals surface area contributed by atoms with E-state index in [1.165, 1.54) is 7.11 Å². The Morgan fingerprint density at radius 2 is 1.72 bits per heavy atom. The maximum absolute atomic E-state index is 14.3. The monoisotopic (exact) mass is 755 g/mol. The van der Waals surface area contributed by atoms with Crippen LogP contribution in [0.1, 0.15) is 80.7 Å². The van der Waals surface area contributed by atoms with Crippen LogP contribution in [0.15, 0.2) is 30.6 Å². The van der Waals surface area contributed by atoms with Gasteiger partial charge in [-0.2, -0.15) is 0 Å². The predicted molar refractivity (Wildman–Crippen MR) is 195 cm³/mol. The summed E-state index contributed by atoms with van der Waals surface area (Å²) in [6, 6.07) is 4.42. The molecule has 2 aromatic heterocycles. The van der Waals surface area contributed by atoms with E-state index < -0.39 is 89.7 Å². The van der Waals surface area contributed by atoms with Crippen molar-refractivity contribution in [2.24, 2.45) is 29.6 Å². The summed E-state index contributed by atoms with van der Waals surface area (Å²) in [7, 11) is 5.15. The molecule has 3 fully saturated rings. The summed E-state index contributed by atoms with van der Waals surface area (Å²) in [5, 5.41) is 20.7. The number of hydrogen-bond donors (Lipinski definition) is 1. The first-order valence-corrected chi connectivity index (χ1v) is 18.9. The van der Waals surface area contributed by atoms with Crippen LogP contribution >= 0.6 is 0 Å². The van der Waals surface area contributed by atoms with Gasteiger partial charge in [-0.1, -0.05) is 39.0 Å². The fourth-order valence-electron chi connectivity index (χ4n) is 8.99. The number of nitrogens with zero attached hydrogens (tertiary/aromatic N) is 5. The number of likely N-dealkylation sites (N-methyl/N-ethyl adjacent to an activating group) is 1. The number of aliphatic hydroxyl groups is 1. The van der Waals surface area contributed by atoms with Crippen LogP contribution in [0.2, 0.25) is 0 Å². The molecule has 0 bridgehead atoms. The molecular weight excluding hydrogens is 698 g/mol. The third-order valence-corrected chi connectivity index (χ3v) is 12.3. The minimum atomic E-state index is -1.30. The Balaban J connectivity index is 1.50. The normalized spacial score (nSPS) is 39.9. The molecule has 2 saturated heterocycles. The number of aromatic nitrogens is 4. The molecule has 0 amide bonds. The number of ether oxygens (including phenoxy) is 5. The zero-order valence-corrected chi connectivity index (χ0v) is 33.3. The van der Waals surface area contributed by atoms with Crippen molar-refractivity contribution < 1.29 is 48.0 Å². The lowest BCUT2D eigenvalue weighted by Gasteiger charge is -2.49. The highest BCUT2D eigenvalue weighted by Gasteiger charge is 2.58. The molecule has 1 N–H and O–H groups in total. The molecular formula is C39H57N5O10. The fraction of sp³-hybridized carbons (Fsp3) is 0.718. The third-order valence-electron chi connectivity index (χ3n) is 12.3. The number of hydrogen-bond acceptors (Lipinski definition) is 14. The van der Waals surface area contributed by atoms with Crippen LogP contribution in [0.4, 0.5) is 4.79 Å². The number of pyridine rings is 1. The van der Waals surface area contributed by atoms with Gasteiger partial charge in [0.05, 0.1) is 53.6 Å². The first kappa shape index (κ1) is 41.5. The first-order chi connectivity index (χ1) is 25.4. The highest BCUT2D eigenvalue weighted by atomic mass is 16.8. The minimum absolute atomic E-state index is 0.0680. The SMILES string of the molecule is CCC1CC(=O)[C@H](C)C(=O)[C@H](C)[C@@H](O[C@@H]2O[C@H](C)[C@@H](n3cc(-c4ccccn4)nn3)[C@H](N(C)C)[C@H]2O)[C@](C)(OC)C[C@@H](C)C(=O)[C@H](C)[C@H]2OC(=O)O[C@]12C. The topological polar surface area (TPSA) is 181 Å². The summed E-state index contributed by atoms with van der Waals surface area (Å²) in [4.78, 5) is 61.2. The molecule has 15 heteroatoms. The van der Waals surface area contributed by atoms with Gasteiger partial charge in [0, 0.05) is 37.5 Å². The maximum Gasteiger partial charge on any atom is 0.509 e. The maximum atomic E-state index is 14.3. The van der Waals surface area contributed by atoms with Crippen LogP contribution in [0.25, 0.3) is 11.4 Å². The smallest absolute Gasteiger partial charge is 0.426 e. The first-order valence-electron chi connectivity index (χ1n) is 18.9. The summed E-state index contributed by atoms with van der Waals surface area (Å²) in [6.45, 7) is 13.9. The van der Waals surface area contributed by atoms with Gasteiger partial charge in [0.2, 0.25) is 0 Å². The van der Waals surface area contributed by atoms with Crippen molar-refractivity contribution in [2.75, 3.05) is 21.2 Å². The van der Waals surface area contributed by atoms with E-state index in [-0.39, 0.29) is 30.2 Å². The van der Waals surface area contributed by atoms with E-state index in [1.54, 1.807) is 58.6 Å². The molecule has 2 aromatic rings. The van der Waals surface area contributed by atoms with Crippen molar-refractivity contribution in [3.63, 3.8) is 0 Å². The molecule has 1 saturated carbocycles. The summed E-state index contributed by atoms with van der Waals surface area (Å²) in [5.74, 6) is -4.85. The van der Waals surface area contributed by atoms with Gasteiger partial charge in [-0.15, -0.1) is 5.10 Å². The summed E-state index contributed by atoms with van der Waals surface area (Å²) in [6.07, 6.45) is -2.07. The van der Waals surface area contributed by atoms with E-state index in [4.69, 9.17) is 23.7 Å². The van der Waals surface area contributed by atoms with E-state index in [0.29, 0.717) is 17.8 Å². The number of fused-ring (bicyclic) bond motifs is 1. The lowest BCUT2D eigenvalue weighted by atomic mass is 9.70. The Morgan fingerprint density at radius 3 is 2.33 bits per heavy atom. The zero-order valence-electron chi connectivity index (χ0n) is 33.3. The van der Waals surface area contributed by atoms with Crippen molar-refractivity contribution in [1.82, 2.24) is 24.9 Å². The van der Waals surface area contributed by atoms with Gasteiger partial charge in [-0.25, -0.2) is 9.48 Å². The van der Waals surface area contributed by atoms with Gasteiger partial charge in [0.1, 0.15) is 29.1 Å². The molecule has 0 radical (unpaired) electrons. The van der Waals surface area contributed by atoms with E-state index >= 15 is 0 Å². The number of rotatable bonds is 7. The minimum Gasteiger partial charge on any atom is -0.426 e. The summed E-state index contributed by atoms with van der Waals surface area (Å²) in [5.41, 5.74) is -1.35. The summed E-state index contributed by atoms with van der Waals surface area (Å²) < 4.78 is 32.3. The van der Waals surface area contributed by atoms with Gasteiger partial charge in [-0.05, 0) is 66.8 Å². The lowest BCUT2D eigenvalue weighted by Crippen LogP contribution is -2.62. The molecule has 4 heterocycles. The zero-order chi connectivity index (χ0) is 39.9. The fourth-order valence-corrected chi connectivity index (χ4v) is 8.99. The van der Waals surface area contributed by atoms with Gasteiger partial charge < -0.3 is 33.7 Å². The van der Waals surface area contributed by atoms with Gasteiger partial charge >= 0.3 is 6.16 Å². The number of ketones is 3. The second-order valence-electron chi connectivity index (χ2n) is 16.1. The van der Waals surface area contributed by atoms with Gasteiger partial charge in [0.15, 0.2) is 18.0 Å². The molecule has 54 heavy (non-hydrogen) atoms. The number of Topliss-reactive ketones (excluding diaryl/α,β-unsaturated/α-hetero) is 3. The van der Waals surface area contributed by atoms with E-state index in [1.807, 2.05) is 51.0 Å². The average molecular weight is 756 g/mol. The van der Waals surface area contributed by atoms with Crippen molar-refractivity contribution in [3.05, 3.63) is 30.6 Å². The number of carbonyl (C=O) groups is 4. The Morgan fingerprint density at radius 1 is 1.02 bits per heavy atom. The molecule has 2 aliphatic heterocycles. The number of aliphatic hydroxyl groups excluding tert-OH is 1. The van der Waals surface area contributed by atoms with E-state index in [0.717, 1.165) is 0 Å². The Labute approximate surface area is 317 Å². The van der Waals surface area contributed by atoms with Crippen LogP contribution in [0, 0.1) is 29.6 Å². The van der Waals surface area contributed by atoms with Crippen LogP contribution in [-0.2, 0) is 38.1 Å². The molecule has 0 aromatic carbocycles. The van der Waals surface area contributed by atoms with Crippen LogP contribution < -0.4 is 0 Å². The Hall–Kier alpha value is -3.63. The van der Waals surface area contributed by atoms with Crippen molar-refractivity contribution >= 4 is 23.5 Å². The second-order valence-corrected chi connectivity index (χ2v) is 16.1. The second kappa shape index (κ2) is 16.2. The number of methoxy groups -OCH3 is 1. The average Bonchev–Trinajstić information content (AvgIpc) is 3.76. The van der Waals surface area contributed by atoms with Crippen LogP contribution in [0.3, 0.4) is 0 Å². The quantitative estimate of drug-likeness (QED) is 0.315. The molecule has 1 aliphatic carbocycles. The van der Waals surface area contributed by atoms with Crippen LogP contribution in [0.5, 0.6) is 0 Å². The van der Waals surface area contributed by atoms with Crippen molar-refractivity contribution in [3.8, 4) is 11.4 Å². The largest absolute Gasteiger partial charge is 0.509 e. The van der Waals surface area contributed by atoms with Crippen molar-refractivity contribution in [2.45, 2.75) is 129 Å². The van der Waals surface area contributed by atoms with E-state index in [9.17, 15) is 24.3 Å². The molecule has 15 nitrogen and oxygen atoms in total. The molecule has 3 aliphatic rings. The Kier molecular flexibility index (Phi) is 12.5. The molecule has 5 rings (SSSR count). The Bertz CT molecular complexity index is 1670. The van der Waals surface area contributed by atoms with Crippen molar-refractivity contribution in [1.29, 1.82) is 0 Å². The summed E-state index contributed by atoms with van der Waals surface area (Å²) >= 11 is 0. The molecule has 298 valence electrons. The highest BCUT2D eigenvalue weighted by molar-refractivity contribution is 6.03. The standard InChI is InChI=1S/C39H57N5O10/c1-12-25-17-28(45)21(3)32(47)23(5)34(38(7,50-11)18-20(2)31(46)22(4)35-39(25,8)54-37(49)53-35)52-36-33(48)30(43(9)10)29(24(6)51-36)44-19-27(41-42-44)26-15-13-14-16-40-26/h13-16,19-25,29-30,33-36,48H,12,17-18H2,1-11H3/t20-,21+,22+,23+,24-,25?,29-,30+,33-,34-,35-,36+,38-,39-/m1/s1. The van der Waals surface area contributed by atoms with Crippen LogP contribution in [-0.4, -0.2) is 123 Å². The lowest BCUT2D eigenvalue weighted by molar-refractivity contribution is -0.305. The predicted octanol–water partition coefficient (Wildman–Crippen LogP) is 4.07. The van der Waals surface area contributed by atoms with Gasteiger partial charge in [-0.3, -0.25) is 19.4 Å². The highest BCUT2D eigenvalue weighted by Crippen LogP contribution is 2.44. The third kappa shape index (κ3) is 7.75. The van der Waals surface area contributed by atoms with Gasteiger partial charge in [0.25, 0.3) is 0 Å².